The highest BCUT2D eigenvalue weighted by Gasteiger charge is 2.16. The summed E-state index contributed by atoms with van der Waals surface area (Å²) in [4.78, 5) is 10.2. The first kappa shape index (κ1) is 7.28. The third-order valence-corrected chi connectivity index (χ3v) is 1.59. The summed E-state index contributed by atoms with van der Waals surface area (Å²) in [7, 11) is 0. The Kier molecular flexibility index (Phi) is 2.06. The molecule has 0 saturated carbocycles. The number of hydrogen-bond acceptors (Lipinski definition) is 2. The smallest absolute Gasteiger partial charge is 0.328 e. The predicted octanol–water partition coefficient (Wildman–Crippen LogP) is 0.806. The van der Waals surface area contributed by atoms with Crippen LogP contribution in [0.15, 0.2) is 11.6 Å². The average Bonchev–Trinajstić information content (AvgIpc) is 2.15. The Bertz CT molecular complexity index is 172. The van der Waals surface area contributed by atoms with E-state index in [4.69, 9.17) is 9.84 Å². The largest absolute Gasteiger partial charge is 0.478 e. The fraction of sp³-hybridized carbons (Fsp3) is 0.571. The minimum Gasteiger partial charge on any atom is -0.478 e. The van der Waals surface area contributed by atoms with Gasteiger partial charge in [-0.2, -0.15) is 0 Å². The van der Waals surface area contributed by atoms with Gasteiger partial charge in [0.05, 0.1) is 12.7 Å². The number of rotatable bonds is 1. The van der Waals surface area contributed by atoms with Gasteiger partial charge >= 0.3 is 5.97 Å². The maximum Gasteiger partial charge on any atom is 0.328 e. The molecule has 1 N–H and O–H groups in total. The highest BCUT2D eigenvalue weighted by atomic mass is 16.5. The molecule has 56 valence electrons. The fourth-order valence-electron chi connectivity index (χ4n) is 1.01. The summed E-state index contributed by atoms with van der Waals surface area (Å²) in [5, 5.41) is 8.36. The van der Waals surface area contributed by atoms with Crippen molar-refractivity contribution in [2.75, 3.05) is 6.61 Å². The molecule has 1 saturated heterocycles. The SMILES string of the molecule is CC1OCC/C1=C\C(=O)O. The van der Waals surface area contributed by atoms with Gasteiger partial charge in [0, 0.05) is 6.08 Å². The zero-order chi connectivity index (χ0) is 7.56. The van der Waals surface area contributed by atoms with Crippen LogP contribution < -0.4 is 0 Å². The van der Waals surface area contributed by atoms with Gasteiger partial charge in [0.1, 0.15) is 0 Å². The maximum atomic E-state index is 10.2. The molecule has 10 heavy (non-hydrogen) atoms. The van der Waals surface area contributed by atoms with E-state index in [1.807, 2.05) is 6.92 Å². The molecule has 0 amide bonds. The van der Waals surface area contributed by atoms with E-state index in [0.717, 1.165) is 12.0 Å². The molecule has 1 unspecified atom stereocenters. The lowest BCUT2D eigenvalue weighted by Gasteiger charge is -2.00. The van der Waals surface area contributed by atoms with Gasteiger partial charge in [0.25, 0.3) is 0 Å². The molecule has 0 bridgehead atoms. The molecule has 1 aliphatic rings. The van der Waals surface area contributed by atoms with Crippen molar-refractivity contribution in [3.05, 3.63) is 11.6 Å². The van der Waals surface area contributed by atoms with Gasteiger partial charge in [-0.3, -0.25) is 0 Å². The van der Waals surface area contributed by atoms with Gasteiger partial charge in [-0.1, -0.05) is 0 Å². The molecule has 1 atom stereocenters. The van der Waals surface area contributed by atoms with Crippen molar-refractivity contribution in [1.82, 2.24) is 0 Å². The van der Waals surface area contributed by atoms with Gasteiger partial charge in [-0.25, -0.2) is 4.79 Å². The standard InChI is InChI=1S/C7H10O3/c1-5-6(2-3-10-5)4-7(8)9/h4-5H,2-3H2,1H3,(H,8,9)/b6-4+. The molecule has 0 aromatic rings. The normalized spacial score (nSPS) is 29.3. The van der Waals surface area contributed by atoms with Crippen molar-refractivity contribution in [3.63, 3.8) is 0 Å². The van der Waals surface area contributed by atoms with Crippen molar-refractivity contribution in [2.24, 2.45) is 0 Å². The lowest BCUT2D eigenvalue weighted by Crippen LogP contribution is -2.02. The van der Waals surface area contributed by atoms with E-state index >= 15 is 0 Å². The summed E-state index contributed by atoms with van der Waals surface area (Å²) in [6, 6.07) is 0. The van der Waals surface area contributed by atoms with Crippen LogP contribution in [-0.4, -0.2) is 23.8 Å². The Labute approximate surface area is 59.3 Å². The molecule has 0 aromatic carbocycles. The number of carboxylic acid groups (broad SMARTS) is 1. The second-order valence-electron chi connectivity index (χ2n) is 2.32. The van der Waals surface area contributed by atoms with E-state index in [9.17, 15) is 4.79 Å². The summed E-state index contributed by atoms with van der Waals surface area (Å²) in [6.07, 6.45) is 1.99. The number of ether oxygens (including phenoxy) is 1. The summed E-state index contributed by atoms with van der Waals surface area (Å²) in [5.74, 6) is -0.882. The van der Waals surface area contributed by atoms with Crippen LogP contribution in [0.2, 0.25) is 0 Å². The van der Waals surface area contributed by atoms with Gasteiger partial charge < -0.3 is 9.84 Å². The summed E-state index contributed by atoms with van der Waals surface area (Å²) < 4.78 is 5.13. The minimum absolute atomic E-state index is 0.00361. The average molecular weight is 142 g/mol. The molecule has 1 heterocycles. The van der Waals surface area contributed by atoms with Gasteiger partial charge in [0.2, 0.25) is 0 Å². The molecule has 1 rings (SSSR count). The number of aliphatic carboxylic acids is 1. The molecular formula is C7H10O3. The van der Waals surface area contributed by atoms with Crippen LogP contribution in [0.25, 0.3) is 0 Å². The fourth-order valence-corrected chi connectivity index (χ4v) is 1.01. The lowest BCUT2D eigenvalue weighted by atomic mass is 10.1. The molecular weight excluding hydrogens is 132 g/mol. The first-order chi connectivity index (χ1) is 4.70. The lowest BCUT2D eigenvalue weighted by molar-refractivity contribution is -0.131. The van der Waals surface area contributed by atoms with Gasteiger partial charge in [0.15, 0.2) is 0 Å². The minimum atomic E-state index is -0.882. The Balaban J connectivity index is 2.62. The zero-order valence-electron chi connectivity index (χ0n) is 5.83. The third-order valence-electron chi connectivity index (χ3n) is 1.59. The topological polar surface area (TPSA) is 46.5 Å². The van der Waals surface area contributed by atoms with E-state index in [1.54, 1.807) is 0 Å². The summed E-state index contributed by atoms with van der Waals surface area (Å²) >= 11 is 0. The first-order valence-electron chi connectivity index (χ1n) is 3.25. The van der Waals surface area contributed by atoms with Crippen LogP contribution in [0.1, 0.15) is 13.3 Å². The zero-order valence-corrected chi connectivity index (χ0v) is 5.83. The summed E-state index contributed by atoms with van der Waals surface area (Å²) in [6.45, 7) is 2.52. The number of carboxylic acids is 1. The van der Waals surface area contributed by atoms with Crippen molar-refractivity contribution < 1.29 is 14.6 Å². The molecule has 0 radical (unpaired) electrons. The Morgan fingerprint density at radius 1 is 1.90 bits per heavy atom. The Morgan fingerprint density at radius 3 is 3.00 bits per heavy atom. The Hall–Kier alpha value is -0.830. The van der Waals surface area contributed by atoms with Crippen molar-refractivity contribution in [3.8, 4) is 0 Å². The molecule has 0 aromatic heterocycles. The maximum absolute atomic E-state index is 10.2. The molecule has 1 aliphatic heterocycles. The highest BCUT2D eigenvalue weighted by Crippen LogP contribution is 2.18. The molecule has 1 fully saturated rings. The second kappa shape index (κ2) is 2.84. The van der Waals surface area contributed by atoms with E-state index in [-0.39, 0.29) is 6.10 Å². The van der Waals surface area contributed by atoms with Crippen LogP contribution >= 0.6 is 0 Å². The highest BCUT2D eigenvalue weighted by molar-refractivity contribution is 5.80. The first-order valence-corrected chi connectivity index (χ1v) is 3.25. The second-order valence-corrected chi connectivity index (χ2v) is 2.32. The monoisotopic (exact) mass is 142 g/mol. The summed E-state index contributed by atoms with van der Waals surface area (Å²) in [5.41, 5.74) is 0.882. The number of hydrogen-bond donors (Lipinski definition) is 1. The third kappa shape index (κ3) is 1.57. The van der Waals surface area contributed by atoms with Gasteiger partial charge in [-0.15, -0.1) is 0 Å². The van der Waals surface area contributed by atoms with E-state index in [1.165, 1.54) is 6.08 Å². The number of carbonyl (C=O) groups is 1. The quantitative estimate of drug-likeness (QED) is 0.551. The molecule has 3 nitrogen and oxygen atoms in total. The van der Waals surface area contributed by atoms with E-state index in [2.05, 4.69) is 0 Å². The van der Waals surface area contributed by atoms with Crippen molar-refractivity contribution >= 4 is 5.97 Å². The Morgan fingerprint density at radius 2 is 2.60 bits per heavy atom. The van der Waals surface area contributed by atoms with Gasteiger partial charge in [-0.05, 0) is 18.9 Å². The van der Waals surface area contributed by atoms with Crippen molar-refractivity contribution in [2.45, 2.75) is 19.4 Å². The van der Waals surface area contributed by atoms with Crippen molar-refractivity contribution in [1.29, 1.82) is 0 Å². The van der Waals surface area contributed by atoms with Crippen LogP contribution in [0.3, 0.4) is 0 Å². The predicted molar refractivity (Wildman–Crippen MR) is 35.7 cm³/mol. The molecule has 3 heteroatoms. The van der Waals surface area contributed by atoms with E-state index in [0.29, 0.717) is 6.61 Å². The molecule has 0 spiro atoms. The van der Waals surface area contributed by atoms with E-state index < -0.39 is 5.97 Å². The molecule has 0 aliphatic carbocycles. The van der Waals surface area contributed by atoms with Crippen LogP contribution in [0.5, 0.6) is 0 Å². The van der Waals surface area contributed by atoms with Crippen LogP contribution in [0, 0.1) is 0 Å². The van der Waals surface area contributed by atoms with Crippen LogP contribution in [-0.2, 0) is 9.53 Å². The van der Waals surface area contributed by atoms with Crippen LogP contribution in [0.4, 0.5) is 0 Å².